The van der Waals surface area contributed by atoms with Crippen LogP contribution in [0, 0.1) is 0 Å². The van der Waals surface area contributed by atoms with Gasteiger partial charge in [-0.15, -0.1) is 0 Å². The Morgan fingerprint density at radius 3 is 1.39 bits per heavy atom. The summed E-state index contributed by atoms with van der Waals surface area (Å²) < 4.78 is 34.6. The van der Waals surface area contributed by atoms with E-state index in [4.69, 9.17) is 18.5 Å². The number of likely N-dealkylation sites (N-methyl/N-ethyl adjacent to an activating group) is 1. The average molecular weight is 842 g/mol. The molecule has 0 amide bonds. The van der Waals surface area contributed by atoms with Crippen LogP contribution >= 0.6 is 7.82 Å². The molecule has 0 radical (unpaired) electrons. The smallest absolute Gasteiger partial charge is 0.306 e. The third kappa shape index (κ3) is 46.1. The van der Waals surface area contributed by atoms with Gasteiger partial charge in [0, 0.05) is 13.0 Å². The van der Waals surface area contributed by atoms with Crippen LogP contribution < -0.4 is 4.89 Å². The Hall–Kier alpha value is -2.84. The molecule has 0 aromatic carbocycles. The summed E-state index contributed by atoms with van der Waals surface area (Å²) >= 11 is 0. The van der Waals surface area contributed by atoms with Crippen LogP contribution in [0.2, 0.25) is 0 Å². The highest BCUT2D eigenvalue weighted by molar-refractivity contribution is 7.45. The van der Waals surface area contributed by atoms with Gasteiger partial charge in [0.15, 0.2) is 0 Å². The first-order valence-electron chi connectivity index (χ1n) is 22.6. The minimum Gasteiger partial charge on any atom is -0.756 e. The van der Waals surface area contributed by atoms with Gasteiger partial charge in [0.25, 0.3) is 7.82 Å². The molecule has 59 heavy (non-hydrogen) atoms. The minimum atomic E-state index is -4.55. The maximum absolute atomic E-state index is 12.7. The zero-order chi connectivity index (χ0) is 43.4. The fourth-order valence-electron chi connectivity index (χ4n) is 5.39. The highest BCUT2D eigenvalue weighted by atomic mass is 31.2. The largest absolute Gasteiger partial charge is 0.756 e. The summed E-state index contributed by atoms with van der Waals surface area (Å²) in [6.07, 6.45) is 58.2. The zero-order valence-electron chi connectivity index (χ0n) is 37.9. The molecule has 0 aromatic heterocycles. The first-order chi connectivity index (χ1) is 28.6. The van der Waals surface area contributed by atoms with Crippen LogP contribution in [0.4, 0.5) is 0 Å². The lowest BCUT2D eigenvalue weighted by molar-refractivity contribution is -0.870. The lowest BCUT2D eigenvalue weighted by atomic mass is 10.1. The highest BCUT2D eigenvalue weighted by Crippen LogP contribution is 2.38. The second kappa shape index (κ2) is 41.9. The van der Waals surface area contributed by atoms with Crippen molar-refractivity contribution in [2.45, 2.75) is 148 Å². The molecule has 0 saturated heterocycles. The maximum atomic E-state index is 12.7. The van der Waals surface area contributed by atoms with Gasteiger partial charge in [-0.2, -0.15) is 0 Å². The topological polar surface area (TPSA) is 94.1 Å². The van der Waals surface area contributed by atoms with E-state index in [-0.39, 0.29) is 32.2 Å². The summed E-state index contributed by atoms with van der Waals surface area (Å²) in [4.78, 5) is 25.1. The molecule has 336 valence electrons. The number of esters is 1. The average Bonchev–Trinajstić information content (AvgIpc) is 3.19. The van der Waals surface area contributed by atoms with E-state index in [1.165, 1.54) is 12.8 Å². The number of allylic oxidation sites excluding steroid dienone is 18. The molecule has 0 N–H and O–H groups in total. The van der Waals surface area contributed by atoms with Crippen molar-refractivity contribution in [1.82, 2.24) is 0 Å². The third-order valence-corrected chi connectivity index (χ3v) is 9.78. The van der Waals surface area contributed by atoms with Crippen molar-refractivity contribution in [1.29, 1.82) is 0 Å². The van der Waals surface area contributed by atoms with Gasteiger partial charge in [0.1, 0.15) is 19.3 Å². The summed E-state index contributed by atoms with van der Waals surface area (Å²) in [6, 6.07) is 0. The standard InChI is InChI=1S/C50H84NO7P/c1-6-8-10-12-14-16-18-20-22-24-26-27-29-31-33-35-37-39-41-43-50(52)58-49(48-57-59(53,54)56-46-44-51(3,4)5)47-55-45-42-40-38-36-34-32-30-28-25-23-21-19-17-15-13-11-9-7-2/h8-11,14-17,20-23,26-28,30-31,33,49H,6-7,12-13,18-19,24-25,29,32,34-48H2,1-5H3/b10-8-,11-9-,16-14-,17-15-,22-20-,23-21-,27-26-,30-28-,33-31-. The SMILES string of the molecule is CC/C=C\C/C=C\C/C=C\C/C=C\C/C=C\CCCCCC(=O)OC(COCCCCCCC/C=C\C/C=C\C/C=C\C/C=C\CC)COP(=O)([O-])OCC[N+](C)(C)C. The van der Waals surface area contributed by atoms with E-state index in [9.17, 15) is 14.3 Å². The lowest BCUT2D eigenvalue weighted by Gasteiger charge is -2.28. The fraction of sp³-hybridized carbons (Fsp3) is 0.620. The van der Waals surface area contributed by atoms with Gasteiger partial charge in [0.05, 0.1) is 34.4 Å². The second-order valence-electron chi connectivity index (χ2n) is 15.6. The van der Waals surface area contributed by atoms with Crippen LogP contribution in [0.25, 0.3) is 0 Å². The monoisotopic (exact) mass is 842 g/mol. The molecule has 0 spiro atoms. The van der Waals surface area contributed by atoms with Crippen molar-refractivity contribution in [3.8, 4) is 0 Å². The van der Waals surface area contributed by atoms with E-state index in [1.54, 1.807) is 0 Å². The van der Waals surface area contributed by atoms with Gasteiger partial charge in [-0.25, -0.2) is 0 Å². The molecule has 8 nitrogen and oxygen atoms in total. The van der Waals surface area contributed by atoms with Crippen molar-refractivity contribution >= 4 is 13.8 Å². The third-order valence-electron chi connectivity index (χ3n) is 8.82. The number of unbranched alkanes of at least 4 members (excludes halogenated alkanes) is 8. The molecule has 2 atom stereocenters. The quantitative estimate of drug-likeness (QED) is 0.0199. The number of rotatable bonds is 40. The predicted octanol–water partition coefficient (Wildman–Crippen LogP) is 13.0. The summed E-state index contributed by atoms with van der Waals surface area (Å²) in [5.41, 5.74) is 0. The summed E-state index contributed by atoms with van der Waals surface area (Å²) in [7, 11) is 1.30. The summed E-state index contributed by atoms with van der Waals surface area (Å²) in [5.74, 6) is -0.378. The fourth-order valence-corrected chi connectivity index (χ4v) is 6.11. The molecular formula is C50H84NO7P. The Labute approximate surface area is 361 Å². The number of phosphoric acid groups is 1. The molecular weight excluding hydrogens is 758 g/mol. The Bertz CT molecular complexity index is 1300. The van der Waals surface area contributed by atoms with Gasteiger partial charge >= 0.3 is 5.97 Å². The number of carbonyl (C=O) groups excluding carboxylic acids is 1. The van der Waals surface area contributed by atoms with Gasteiger partial charge in [0.2, 0.25) is 0 Å². The van der Waals surface area contributed by atoms with Crippen LogP contribution in [0.15, 0.2) is 109 Å². The molecule has 0 heterocycles. The minimum absolute atomic E-state index is 0.00823. The van der Waals surface area contributed by atoms with Crippen LogP contribution in [0.5, 0.6) is 0 Å². The Kier molecular flexibility index (Phi) is 39.9. The molecule has 0 bridgehead atoms. The Morgan fingerprint density at radius 2 is 0.932 bits per heavy atom. The molecule has 0 aliphatic carbocycles. The number of carbonyl (C=O) groups is 1. The molecule has 9 heteroatoms. The molecule has 2 unspecified atom stereocenters. The van der Waals surface area contributed by atoms with E-state index in [1.807, 2.05) is 21.1 Å². The van der Waals surface area contributed by atoms with Crippen LogP contribution in [0.3, 0.4) is 0 Å². The Morgan fingerprint density at radius 1 is 0.525 bits per heavy atom. The van der Waals surface area contributed by atoms with Gasteiger partial charge in [-0.1, -0.05) is 149 Å². The van der Waals surface area contributed by atoms with E-state index in [2.05, 4.69) is 123 Å². The summed E-state index contributed by atoms with van der Waals surface area (Å²) in [5, 5.41) is 0. The van der Waals surface area contributed by atoms with Gasteiger partial charge < -0.3 is 27.9 Å². The van der Waals surface area contributed by atoms with E-state index < -0.39 is 13.9 Å². The number of quaternary nitrogens is 1. The van der Waals surface area contributed by atoms with Crippen molar-refractivity contribution in [3.63, 3.8) is 0 Å². The number of nitrogens with zero attached hydrogens (tertiary/aromatic N) is 1. The van der Waals surface area contributed by atoms with Crippen molar-refractivity contribution in [2.24, 2.45) is 0 Å². The Balaban J connectivity index is 4.36. The molecule has 0 aromatic rings. The molecule has 0 aliphatic rings. The normalized spacial score (nSPS) is 14.7. The van der Waals surface area contributed by atoms with E-state index >= 15 is 0 Å². The predicted molar refractivity (Wildman–Crippen MR) is 249 cm³/mol. The number of phosphoric ester groups is 1. The van der Waals surface area contributed by atoms with Crippen LogP contribution in [-0.2, 0) is 27.9 Å². The maximum Gasteiger partial charge on any atom is 0.306 e. The first kappa shape index (κ1) is 56.2. The van der Waals surface area contributed by atoms with Crippen molar-refractivity contribution < 1.29 is 37.3 Å². The van der Waals surface area contributed by atoms with Crippen molar-refractivity contribution in [2.75, 3.05) is 54.1 Å². The molecule has 0 aliphatic heterocycles. The highest BCUT2D eigenvalue weighted by Gasteiger charge is 2.20. The van der Waals surface area contributed by atoms with E-state index in [0.29, 0.717) is 24.1 Å². The second-order valence-corrected chi connectivity index (χ2v) is 17.1. The lowest BCUT2D eigenvalue weighted by Crippen LogP contribution is -2.37. The van der Waals surface area contributed by atoms with Gasteiger partial charge in [-0.3, -0.25) is 9.36 Å². The number of hydrogen-bond donors (Lipinski definition) is 0. The molecule has 0 fully saturated rings. The molecule has 0 rings (SSSR count). The number of hydrogen-bond acceptors (Lipinski definition) is 7. The van der Waals surface area contributed by atoms with Crippen molar-refractivity contribution in [3.05, 3.63) is 109 Å². The van der Waals surface area contributed by atoms with Crippen LogP contribution in [-0.4, -0.2) is 70.7 Å². The first-order valence-corrected chi connectivity index (χ1v) is 24.1. The van der Waals surface area contributed by atoms with Gasteiger partial charge in [-0.05, 0) is 96.3 Å². The zero-order valence-corrected chi connectivity index (χ0v) is 38.8. The van der Waals surface area contributed by atoms with E-state index in [0.717, 1.165) is 103 Å². The number of ether oxygens (including phenoxy) is 2. The molecule has 0 saturated carbocycles. The summed E-state index contributed by atoms with van der Waals surface area (Å²) in [6.45, 7) is 5.05. The van der Waals surface area contributed by atoms with Crippen LogP contribution in [0.1, 0.15) is 142 Å².